The fourth-order valence-corrected chi connectivity index (χ4v) is 4.83. The topological polar surface area (TPSA) is 54.5 Å². The molecule has 0 radical (unpaired) electrons. The van der Waals surface area contributed by atoms with E-state index < -0.39 is 9.84 Å². The summed E-state index contributed by atoms with van der Waals surface area (Å²) in [6.07, 6.45) is 5.78. The summed E-state index contributed by atoms with van der Waals surface area (Å²) in [5.74, 6) is 2.32. The van der Waals surface area contributed by atoms with Crippen LogP contribution in [0.4, 0.5) is 0 Å². The lowest BCUT2D eigenvalue weighted by molar-refractivity contribution is 0.0723. The van der Waals surface area contributed by atoms with Gasteiger partial charge in [0.05, 0.1) is 23.6 Å². The average molecular weight is 370 g/mol. The zero-order valence-corrected chi connectivity index (χ0v) is 14.1. The number of sulfone groups is 1. The van der Waals surface area contributed by atoms with Crippen LogP contribution in [0.2, 0.25) is 0 Å². The van der Waals surface area contributed by atoms with Crippen LogP contribution < -0.4 is 0 Å². The maximum atomic E-state index is 12.7. The lowest BCUT2D eigenvalue weighted by Gasteiger charge is -2.26. The highest BCUT2D eigenvalue weighted by molar-refractivity contribution is 9.10. The van der Waals surface area contributed by atoms with Gasteiger partial charge in [0, 0.05) is 10.5 Å². The number of rotatable bonds is 3. The molecular formula is C15H16BrNO3S. The number of terminal acetylenes is 1. The lowest BCUT2D eigenvalue weighted by atomic mass is 10.1. The molecule has 1 aliphatic heterocycles. The monoisotopic (exact) mass is 369 g/mol. The minimum Gasteiger partial charge on any atom is -0.323 e. The molecule has 112 valence electrons. The summed E-state index contributed by atoms with van der Waals surface area (Å²) >= 11 is 3.38. The van der Waals surface area contributed by atoms with Crippen molar-refractivity contribution >= 4 is 31.7 Å². The number of carbonyl (C=O) groups excluding carboxylic acids is 1. The third kappa shape index (κ3) is 3.66. The van der Waals surface area contributed by atoms with Gasteiger partial charge >= 0.3 is 0 Å². The van der Waals surface area contributed by atoms with Crippen LogP contribution in [0.1, 0.15) is 22.3 Å². The molecule has 1 aromatic carbocycles. The van der Waals surface area contributed by atoms with Gasteiger partial charge in [-0.2, -0.15) is 0 Å². The first kappa shape index (κ1) is 16.1. The predicted octanol–water partition coefficient (Wildman–Crippen LogP) is 2.02. The van der Waals surface area contributed by atoms with Crippen LogP contribution >= 0.6 is 15.9 Å². The van der Waals surface area contributed by atoms with E-state index in [4.69, 9.17) is 6.42 Å². The van der Waals surface area contributed by atoms with Gasteiger partial charge in [-0.25, -0.2) is 8.42 Å². The summed E-state index contributed by atoms with van der Waals surface area (Å²) in [7, 11) is -3.07. The quantitative estimate of drug-likeness (QED) is 0.765. The zero-order valence-electron chi connectivity index (χ0n) is 11.7. The number of hydrogen-bond donors (Lipinski definition) is 0. The van der Waals surface area contributed by atoms with Gasteiger partial charge in [-0.15, -0.1) is 6.42 Å². The Kier molecular flexibility index (Phi) is 4.74. The van der Waals surface area contributed by atoms with Crippen molar-refractivity contribution in [3.63, 3.8) is 0 Å². The summed E-state index contributed by atoms with van der Waals surface area (Å²) in [4.78, 5) is 14.2. The summed E-state index contributed by atoms with van der Waals surface area (Å²) in [6, 6.07) is 5.09. The Morgan fingerprint density at radius 1 is 1.52 bits per heavy atom. The molecule has 0 saturated carbocycles. The number of aryl methyl sites for hydroxylation is 1. The highest BCUT2D eigenvalue weighted by Gasteiger charge is 2.35. The number of nitrogens with zero attached hydrogens (tertiary/aromatic N) is 1. The second-order valence-electron chi connectivity index (χ2n) is 5.18. The molecular weight excluding hydrogens is 354 g/mol. The van der Waals surface area contributed by atoms with Gasteiger partial charge in [0.2, 0.25) is 0 Å². The van der Waals surface area contributed by atoms with Crippen molar-refractivity contribution in [3.8, 4) is 12.3 Å². The minimum absolute atomic E-state index is 0.0100. The molecule has 0 aromatic heterocycles. The SMILES string of the molecule is C#CCN(C(=O)c1ccc(C)cc1Br)C1CCS(=O)(=O)C1. The van der Waals surface area contributed by atoms with Crippen LogP contribution in [-0.2, 0) is 9.84 Å². The molecule has 6 heteroatoms. The molecule has 2 rings (SSSR count). The van der Waals surface area contributed by atoms with E-state index in [1.54, 1.807) is 6.07 Å². The summed E-state index contributed by atoms with van der Waals surface area (Å²) in [5, 5.41) is 0. The Morgan fingerprint density at radius 3 is 2.76 bits per heavy atom. The standard InChI is InChI=1S/C15H16BrNO3S/c1-3-7-17(12-6-8-21(19,20)10-12)15(18)13-5-4-11(2)9-14(13)16/h1,4-5,9,12H,6-8,10H2,2H3. The van der Waals surface area contributed by atoms with Gasteiger partial charge in [0.1, 0.15) is 0 Å². The van der Waals surface area contributed by atoms with E-state index in [9.17, 15) is 13.2 Å². The smallest absolute Gasteiger partial charge is 0.256 e. The van der Waals surface area contributed by atoms with E-state index in [0.717, 1.165) is 5.56 Å². The Hall–Kier alpha value is -1.32. The van der Waals surface area contributed by atoms with Crippen molar-refractivity contribution in [1.82, 2.24) is 4.90 Å². The first-order chi connectivity index (χ1) is 9.84. The van der Waals surface area contributed by atoms with E-state index >= 15 is 0 Å². The van der Waals surface area contributed by atoms with Crippen molar-refractivity contribution in [3.05, 3.63) is 33.8 Å². The van der Waals surface area contributed by atoms with E-state index in [-0.39, 0.29) is 30.0 Å². The highest BCUT2D eigenvalue weighted by Crippen LogP contribution is 2.24. The number of benzene rings is 1. The number of hydrogen-bond acceptors (Lipinski definition) is 3. The van der Waals surface area contributed by atoms with Gasteiger partial charge < -0.3 is 4.90 Å². The van der Waals surface area contributed by atoms with Gasteiger partial charge in [-0.1, -0.05) is 12.0 Å². The van der Waals surface area contributed by atoms with Crippen molar-refractivity contribution in [2.45, 2.75) is 19.4 Å². The minimum atomic E-state index is -3.07. The van der Waals surface area contributed by atoms with E-state index in [1.165, 1.54) is 4.90 Å². The summed E-state index contributed by atoms with van der Waals surface area (Å²) < 4.78 is 23.9. The highest BCUT2D eigenvalue weighted by atomic mass is 79.9. The molecule has 1 aromatic rings. The van der Waals surface area contributed by atoms with E-state index in [2.05, 4.69) is 21.9 Å². The van der Waals surface area contributed by atoms with Crippen molar-refractivity contribution in [2.24, 2.45) is 0 Å². The average Bonchev–Trinajstić information content (AvgIpc) is 2.75. The Bertz CT molecular complexity index is 706. The molecule has 1 unspecified atom stereocenters. The molecule has 1 atom stereocenters. The molecule has 0 spiro atoms. The molecule has 0 N–H and O–H groups in total. The van der Waals surface area contributed by atoms with Crippen LogP contribution in [0.15, 0.2) is 22.7 Å². The fourth-order valence-electron chi connectivity index (χ4n) is 2.43. The Balaban J connectivity index is 2.30. The Labute approximate surface area is 133 Å². The number of carbonyl (C=O) groups is 1. The van der Waals surface area contributed by atoms with Crippen LogP contribution in [-0.4, -0.2) is 43.3 Å². The molecule has 1 saturated heterocycles. The van der Waals surface area contributed by atoms with Crippen LogP contribution in [0.25, 0.3) is 0 Å². The molecule has 21 heavy (non-hydrogen) atoms. The maximum absolute atomic E-state index is 12.7. The molecule has 0 bridgehead atoms. The molecule has 4 nitrogen and oxygen atoms in total. The van der Waals surface area contributed by atoms with Crippen LogP contribution in [0.3, 0.4) is 0 Å². The maximum Gasteiger partial charge on any atom is 0.256 e. The Morgan fingerprint density at radius 2 is 2.24 bits per heavy atom. The van der Waals surface area contributed by atoms with Gasteiger partial charge in [-0.05, 0) is 47.0 Å². The first-order valence-corrected chi connectivity index (χ1v) is 9.16. The van der Waals surface area contributed by atoms with Crippen LogP contribution in [0.5, 0.6) is 0 Å². The molecule has 1 amide bonds. The van der Waals surface area contributed by atoms with Crippen LogP contribution in [0, 0.1) is 19.3 Å². The fraction of sp³-hybridized carbons (Fsp3) is 0.400. The summed E-state index contributed by atoms with van der Waals surface area (Å²) in [5.41, 5.74) is 1.53. The second-order valence-corrected chi connectivity index (χ2v) is 8.26. The van der Waals surface area contributed by atoms with Gasteiger partial charge in [0.15, 0.2) is 9.84 Å². The molecule has 0 aliphatic carbocycles. The largest absolute Gasteiger partial charge is 0.323 e. The summed E-state index contributed by atoms with van der Waals surface area (Å²) in [6.45, 7) is 2.04. The third-order valence-corrected chi connectivity index (χ3v) is 5.93. The molecule has 1 fully saturated rings. The third-order valence-electron chi connectivity index (χ3n) is 3.53. The number of amides is 1. The van der Waals surface area contributed by atoms with Crippen molar-refractivity contribution < 1.29 is 13.2 Å². The van der Waals surface area contributed by atoms with Crippen molar-refractivity contribution in [1.29, 1.82) is 0 Å². The van der Waals surface area contributed by atoms with E-state index in [1.807, 2.05) is 19.1 Å². The first-order valence-electron chi connectivity index (χ1n) is 6.55. The zero-order chi connectivity index (χ0) is 15.6. The second kappa shape index (κ2) is 6.20. The van der Waals surface area contributed by atoms with Gasteiger partial charge in [0.25, 0.3) is 5.91 Å². The van der Waals surface area contributed by atoms with Crippen molar-refractivity contribution in [2.75, 3.05) is 18.1 Å². The van der Waals surface area contributed by atoms with Gasteiger partial charge in [-0.3, -0.25) is 4.79 Å². The normalized spacial score (nSPS) is 20.0. The number of halogens is 1. The molecule has 1 aliphatic rings. The van der Waals surface area contributed by atoms with E-state index in [0.29, 0.717) is 16.5 Å². The predicted molar refractivity (Wildman–Crippen MR) is 85.8 cm³/mol. The molecule has 1 heterocycles. The lowest BCUT2D eigenvalue weighted by Crippen LogP contribution is -2.41.